The predicted octanol–water partition coefficient (Wildman–Crippen LogP) is 3.37. The van der Waals surface area contributed by atoms with Crippen LogP contribution in [0.2, 0.25) is 0 Å². The molecule has 1 amide bonds. The second kappa shape index (κ2) is 5.43. The van der Waals surface area contributed by atoms with Crippen molar-refractivity contribution in [2.75, 3.05) is 5.32 Å². The number of hydrogen-bond donors (Lipinski definition) is 2. The van der Waals surface area contributed by atoms with E-state index in [9.17, 15) is 23.1 Å². The lowest BCUT2D eigenvalue weighted by Gasteiger charge is -2.08. The van der Waals surface area contributed by atoms with Crippen molar-refractivity contribution in [3.63, 3.8) is 0 Å². The van der Waals surface area contributed by atoms with Crippen LogP contribution in [0.3, 0.4) is 0 Å². The summed E-state index contributed by atoms with van der Waals surface area (Å²) in [6, 6.07) is 6.29. The zero-order valence-corrected chi connectivity index (χ0v) is 10.9. The standard InChI is InChI=1S/C14H11F3N2O2/c1-8-2-4-10(6-12(8)20)19-13(21)11-5-3-9(7-18-11)14(15,16)17/h2-7,20H,1H3,(H,19,21). The van der Waals surface area contributed by atoms with Crippen molar-refractivity contribution in [3.05, 3.63) is 53.3 Å². The molecule has 7 heteroatoms. The normalized spacial score (nSPS) is 11.2. The summed E-state index contributed by atoms with van der Waals surface area (Å²) >= 11 is 0. The van der Waals surface area contributed by atoms with Crippen molar-refractivity contribution in [2.45, 2.75) is 13.1 Å². The first kappa shape index (κ1) is 14.8. The number of aromatic nitrogens is 1. The van der Waals surface area contributed by atoms with Gasteiger partial charge in [-0.05, 0) is 30.7 Å². The van der Waals surface area contributed by atoms with Crippen LogP contribution in [0.4, 0.5) is 18.9 Å². The van der Waals surface area contributed by atoms with Gasteiger partial charge in [0.2, 0.25) is 0 Å². The fraction of sp³-hybridized carbons (Fsp3) is 0.143. The van der Waals surface area contributed by atoms with Gasteiger partial charge in [0.05, 0.1) is 5.56 Å². The maximum absolute atomic E-state index is 12.4. The number of aromatic hydroxyl groups is 1. The Morgan fingerprint density at radius 1 is 1.24 bits per heavy atom. The topological polar surface area (TPSA) is 62.2 Å². The minimum Gasteiger partial charge on any atom is -0.508 e. The summed E-state index contributed by atoms with van der Waals surface area (Å²) < 4.78 is 37.1. The molecule has 0 aliphatic rings. The quantitative estimate of drug-likeness (QED) is 0.893. The van der Waals surface area contributed by atoms with E-state index in [0.29, 0.717) is 17.4 Å². The van der Waals surface area contributed by atoms with Gasteiger partial charge >= 0.3 is 6.18 Å². The summed E-state index contributed by atoms with van der Waals surface area (Å²) in [6.07, 6.45) is -3.90. The molecule has 0 radical (unpaired) electrons. The van der Waals surface area contributed by atoms with Gasteiger partial charge in [-0.25, -0.2) is 0 Å². The maximum atomic E-state index is 12.4. The van der Waals surface area contributed by atoms with Crippen LogP contribution in [0, 0.1) is 6.92 Å². The van der Waals surface area contributed by atoms with Crippen LogP contribution < -0.4 is 5.32 Å². The molecule has 2 rings (SSSR count). The summed E-state index contributed by atoms with van der Waals surface area (Å²) in [5.74, 6) is -0.653. The fourth-order valence-electron chi connectivity index (χ4n) is 1.58. The molecule has 0 aliphatic carbocycles. The van der Waals surface area contributed by atoms with Gasteiger partial charge in [0.1, 0.15) is 11.4 Å². The van der Waals surface area contributed by atoms with Gasteiger partial charge in [0, 0.05) is 18.0 Å². The van der Waals surface area contributed by atoms with E-state index < -0.39 is 17.6 Å². The molecule has 1 aromatic carbocycles. The molecule has 2 N–H and O–H groups in total. The minimum atomic E-state index is -4.50. The van der Waals surface area contributed by atoms with Crippen LogP contribution in [-0.4, -0.2) is 16.0 Å². The van der Waals surface area contributed by atoms with Gasteiger partial charge in [-0.3, -0.25) is 9.78 Å². The van der Waals surface area contributed by atoms with E-state index in [-0.39, 0.29) is 11.4 Å². The van der Waals surface area contributed by atoms with Gasteiger partial charge in [-0.1, -0.05) is 6.07 Å². The number of carbonyl (C=O) groups excluding carboxylic acids is 1. The first-order valence-corrected chi connectivity index (χ1v) is 5.91. The molecule has 0 saturated heterocycles. The molecule has 0 unspecified atom stereocenters. The average Bonchev–Trinajstić information content (AvgIpc) is 2.42. The summed E-state index contributed by atoms with van der Waals surface area (Å²) in [4.78, 5) is 15.3. The number of rotatable bonds is 2. The number of carbonyl (C=O) groups is 1. The predicted molar refractivity (Wildman–Crippen MR) is 70.0 cm³/mol. The molecule has 0 aliphatic heterocycles. The number of pyridine rings is 1. The Labute approximate surface area is 118 Å². The molecule has 0 bridgehead atoms. The maximum Gasteiger partial charge on any atom is 0.417 e. The van der Waals surface area contributed by atoms with Crippen molar-refractivity contribution >= 4 is 11.6 Å². The average molecular weight is 296 g/mol. The van der Waals surface area contributed by atoms with E-state index in [4.69, 9.17) is 0 Å². The molecule has 4 nitrogen and oxygen atoms in total. The van der Waals surface area contributed by atoms with Crippen molar-refractivity contribution < 1.29 is 23.1 Å². The Hall–Kier alpha value is -2.57. The van der Waals surface area contributed by atoms with Gasteiger partial charge in [0.25, 0.3) is 5.91 Å². The molecule has 0 fully saturated rings. The number of phenolic OH excluding ortho intramolecular Hbond substituents is 1. The zero-order valence-electron chi connectivity index (χ0n) is 10.9. The second-order valence-electron chi connectivity index (χ2n) is 4.39. The van der Waals surface area contributed by atoms with Gasteiger partial charge in [0.15, 0.2) is 0 Å². The van der Waals surface area contributed by atoms with Gasteiger partial charge < -0.3 is 10.4 Å². The molecule has 0 spiro atoms. The van der Waals surface area contributed by atoms with Crippen molar-refractivity contribution in [1.82, 2.24) is 4.98 Å². The van der Waals surface area contributed by atoms with Crippen molar-refractivity contribution in [2.24, 2.45) is 0 Å². The number of nitrogens with zero attached hydrogens (tertiary/aromatic N) is 1. The van der Waals surface area contributed by atoms with Crippen LogP contribution in [0.5, 0.6) is 5.75 Å². The van der Waals surface area contributed by atoms with Crippen LogP contribution >= 0.6 is 0 Å². The number of hydrogen-bond acceptors (Lipinski definition) is 3. The third-order valence-corrected chi connectivity index (χ3v) is 2.79. The molecule has 1 aromatic heterocycles. The molecular formula is C14H11F3N2O2. The number of amides is 1. The van der Waals surface area contributed by atoms with Crippen LogP contribution in [0.25, 0.3) is 0 Å². The first-order chi connectivity index (χ1) is 9.77. The lowest BCUT2D eigenvalue weighted by atomic mass is 10.2. The monoisotopic (exact) mass is 296 g/mol. The number of alkyl halides is 3. The Kier molecular flexibility index (Phi) is 3.84. The number of halogens is 3. The highest BCUT2D eigenvalue weighted by atomic mass is 19.4. The Morgan fingerprint density at radius 2 is 1.95 bits per heavy atom. The number of benzene rings is 1. The van der Waals surface area contributed by atoms with Gasteiger partial charge in [-0.2, -0.15) is 13.2 Å². The molecule has 2 aromatic rings. The van der Waals surface area contributed by atoms with Crippen LogP contribution in [0.15, 0.2) is 36.5 Å². The van der Waals surface area contributed by atoms with E-state index in [0.717, 1.165) is 12.1 Å². The Morgan fingerprint density at radius 3 is 2.48 bits per heavy atom. The molecule has 0 saturated carbocycles. The first-order valence-electron chi connectivity index (χ1n) is 5.91. The highest BCUT2D eigenvalue weighted by Gasteiger charge is 2.30. The van der Waals surface area contributed by atoms with Crippen molar-refractivity contribution in [1.29, 1.82) is 0 Å². The number of aryl methyl sites for hydroxylation is 1. The summed E-state index contributed by atoms with van der Waals surface area (Å²) in [7, 11) is 0. The smallest absolute Gasteiger partial charge is 0.417 e. The minimum absolute atomic E-state index is 0.00757. The number of nitrogens with one attached hydrogen (secondary N) is 1. The van der Waals surface area contributed by atoms with Gasteiger partial charge in [-0.15, -0.1) is 0 Å². The van der Waals surface area contributed by atoms with Crippen LogP contribution in [-0.2, 0) is 6.18 Å². The third kappa shape index (κ3) is 3.50. The Balaban J connectivity index is 2.15. The molecule has 0 atom stereocenters. The summed E-state index contributed by atoms with van der Waals surface area (Å²) in [6.45, 7) is 1.69. The van der Waals surface area contributed by atoms with E-state index in [2.05, 4.69) is 10.3 Å². The largest absolute Gasteiger partial charge is 0.508 e. The number of anilines is 1. The lowest BCUT2D eigenvalue weighted by Crippen LogP contribution is -2.14. The Bertz CT molecular complexity index is 667. The van der Waals surface area contributed by atoms with Crippen LogP contribution in [0.1, 0.15) is 21.6 Å². The third-order valence-electron chi connectivity index (χ3n) is 2.79. The molecular weight excluding hydrogens is 285 g/mol. The van der Waals surface area contributed by atoms with E-state index in [1.807, 2.05) is 0 Å². The molecule has 1 heterocycles. The number of phenols is 1. The van der Waals surface area contributed by atoms with Crippen molar-refractivity contribution in [3.8, 4) is 5.75 Å². The molecule has 110 valence electrons. The highest BCUT2D eigenvalue weighted by Crippen LogP contribution is 2.28. The second-order valence-corrected chi connectivity index (χ2v) is 4.39. The summed E-state index contributed by atoms with van der Waals surface area (Å²) in [5.41, 5.74) is -0.111. The summed E-state index contributed by atoms with van der Waals surface area (Å²) in [5, 5.41) is 12.0. The van der Waals surface area contributed by atoms with E-state index in [1.165, 1.54) is 6.07 Å². The van der Waals surface area contributed by atoms with E-state index in [1.54, 1.807) is 19.1 Å². The highest BCUT2D eigenvalue weighted by molar-refractivity contribution is 6.02. The molecule has 21 heavy (non-hydrogen) atoms. The zero-order chi connectivity index (χ0) is 15.6. The SMILES string of the molecule is Cc1ccc(NC(=O)c2ccc(C(F)(F)F)cn2)cc1O. The van der Waals surface area contributed by atoms with E-state index >= 15 is 0 Å². The fourth-order valence-corrected chi connectivity index (χ4v) is 1.58. The lowest BCUT2D eigenvalue weighted by molar-refractivity contribution is -0.137.